The highest BCUT2D eigenvalue weighted by molar-refractivity contribution is 6.02. The Hall–Kier alpha value is -3.95. The number of aromatic nitrogens is 2. The molecule has 10 heteroatoms. The van der Waals surface area contributed by atoms with Crippen molar-refractivity contribution in [2.75, 3.05) is 12.3 Å². The Bertz CT molecular complexity index is 1360. The maximum atomic E-state index is 12.6. The monoisotopic (exact) mass is 427 g/mol. The number of Topliss-reactive ketones (excluding diaryl/α,β-unsaturated/α-hetero) is 1. The van der Waals surface area contributed by atoms with E-state index in [-0.39, 0.29) is 29.6 Å². The normalized spacial score (nSPS) is 11.1. The van der Waals surface area contributed by atoms with Crippen LogP contribution in [-0.2, 0) is 18.3 Å². The number of nitrogen functional groups attached to an aromatic ring is 1. The maximum Gasteiger partial charge on any atom is 0.374 e. The molecule has 2 aromatic heterocycles. The Morgan fingerprint density at radius 1 is 1.16 bits per heavy atom. The number of ketones is 1. The van der Waals surface area contributed by atoms with Crippen LogP contribution in [-0.4, -0.2) is 27.5 Å². The topological polar surface area (TPSA) is 144 Å². The van der Waals surface area contributed by atoms with Crippen molar-refractivity contribution in [3.8, 4) is 0 Å². The third-order valence-corrected chi connectivity index (χ3v) is 4.58. The van der Waals surface area contributed by atoms with E-state index >= 15 is 0 Å². The van der Waals surface area contributed by atoms with Crippen LogP contribution in [0.3, 0.4) is 0 Å². The zero-order chi connectivity index (χ0) is 22.9. The van der Waals surface area contributed by atoms with Gasteiger partial charge >= 0.3 is 11.7 Å². The van der Waals surface area contributed by atoms with E-state index in [0.717, 1.165) is 15.2 Å². The number of para-hydroxylation sites is 1. The Balaban J connectivity index is 1.88. The summed E-state index contributed by atoms with van der Waals surface area (Å²) in [5.74, 6) is -2.59. The van der Waals surface area contributed by atoms with Crippen LogP contribution in [0.2, 0.25) is 0 Å². The maximum absolute atomic E-state index is 12.6. The van der Waals surface area contributed by atoms with E-state index in [4.69, 9.17) is 14.9 Å². The largest absolute Gasteiger partial charge is 0.451 e. The minimum absolute atomic E-state index is 0.0223. The summed E-state index contributed by atoms with van der Waals surface area (Å²) < 4.78 is 12.2. The smallest absolute Gasteiger partial charge is 0.374 e. The molecule has 0 saturated carbocycles. The number of nitrogens with two attached hydrogens (primary N) is 1. The summed E-state index contributed by atoms with van der Waals surface area (Å²) in [6.45, 7) is 3.06. The summed E-state index contributed by atoms with van der Waals surface area (Å²) in [5, 5.41) is 0.291. The second kappa shape index (κ2) is 8.42. The van der Waals surface area contributed by atoms with Gasteiger partial charge in [0.15, 0.2) is 12.0 Å². The van der Waals surface area contributed by atoms with Crippen molar-refractivity contribution in [3.63, 3.8) is 0 Å². The van der Waals surface area contributed by atoms with Crippen LogP contribution < -0.4 is 22.4 Å². The van der Waals surface area contributed by atoms with Crippen LogP contribution in [0.25, 0.3) is 11.0 Å². The van der Waals surface area contributed by atoms with Gasteiger partial charge < -0.3 is 14.9 Å². The number of anilines is 1. The molecule has 31 heavy (non-hydrogen) atoms. The number of hydrogen-bond acceptors (Lipinski definition) is 8. The van der Waals surface area contributed by atoms with E-state index in [9.17, 15) is 24.0 Å². The average Bonchev–Trinajstić information content (AvgIpc) is 2.73. The van der Waals surface area contributed by atoms with Crippen LogP contribution in [0.1, 0.15) is 34.8 Å². The standard InChI is InChI=1S/C21H21N3O7/c1-11(2)9-24-18(22)17(19(27)23(3)21(24)29)14(26)10-30-20(28)16-8-13(25)12-6-4-5-7-15(12)31-16/h4-8,11H,9-10,22H2,1-3H3. The lowest BCUT2D eigenvalue weighted by atomic mass is 10.1. The van der Waals surface area contributed by atoms with Gasteiger partial charge in [0.2, 0.25) is 11.5 Å². The van der Waals surface area contributed by atoms with Crippen LogP contribution in [0.4, 0.5) is 5.82 Å². The van der Waals surface area contributed by atoms with E-state index < -0.39 is 40.6 Å². The second-order valence-electron chi connectivity index (χ2n) is 7.38. The molecule has 2 heterocycles. The van der Waals surface area contributed by atoms with Crippen molar-refractivity contribution in [2.24, 2.45) is 13.0 Å². The van der Waals surface area contributed by atoms with Gasteiger partial charge in [-0.05, 0) is 18.1 Å². The number of carbonyl (C=O) groups excluding carboxylic acids is 2. The molecule has 2 N–H and O–H groups in total. The molecule has 0 atom stereocenters. The molecular weight excluding hydrogens is 406 g/mol. The van der Waals surface area contributed by atoms with Crippen LogP contribution in [0.5, 0.6) is 0 Å². The molecular formula is C21H21N3O7. The first-order valence-corrected chi connectivity index (χ1v) is 9.44. The Morgan fingerprint density at radius 2 is 1.84 bits per heavy atom. The van der Waals surface area contributed by atoms with E-state index in [1.165, 1.54) is 13.1 Å². The highest BCUT2D eigenvalue weighted by Gasteiger charge is 2.24. The van der Waals surface area contributed by atoms with Crippen molar-refractivity contribution < 1.29 is 18.7 Å². The van der Waals surface area contributed by atoms with Gasteiger partial charge in [0.25, 0.3) is 5.56 Å². The molecule has 0 bridgehead atoms. The third kappa shape index (κ3) is 4.18. The lowest BCUT2D eigenvalue weighted by Crippen LogP contribution is -2.43. The van der Waals surface area contributed by atoms with E-state index in [0.29, 0.717) is 5.39 Å². The molecule has 0 spiro atoms. The fourth-order valence-corrected chi connectivity index (χ4v) is 3.07. The molecule has 0 fully saturated rings. The molecule has 3 rings (SSSR count). The number of ether oxygens (including phenoxy) is 1. The molecule has 3 aromatic rings. The first-order chi connectivity index (χ1) is 14.6. The fraction of sp³-hybridized carbons (Fsp3) is 0.286. The number of esters is 1. The van der Waals surface area contributed by atoms with Gasteiger partial charge in [-0.25, -0.2) is 9.59 Å². The number of carbonyl (C=O) groups is 2. The fourth-order valence-electron chi connectivity index (χ4n) is 3.07. The molecule has 0 unspecified atom stereocenters. The summed E-state index contributed by atoms with van der Waals surface area (Å²) in [6.07, 6.45) is 0. The predicted molar refractivity (Wildman–Crippen MR) is 112 cm³/mol. The van der Waals surface area contributed by atoms with Crippen molar-refractivity contribution in [3.05, 3.63) is 72.7 Å². The van der Waals surface area contributed by atoms with Crippen molar-refractivity contribution in [1.29, 1.82) is 0 Å². The summed E-state index contributed by atoms with van der Waals surface area (Å²) in [5.41, 5.74) is 3.69. The predicted octanol–water partition coefficient (Wildman–Crippen LogP) is 0.931. The van der Waals surface area contributed by atoms with Crippen molar-refractivity contribution in [2.45, 2.75) is 20.4 Å². The van der Waals surface area contributed by atoms with Crippen LogP contribution >= 0.6 is 0 Å². The number of benzene rings is 1. The molecule has 0 aliphatic rings. The second-order valence-corrected chi connectivity index (χ2v) is 7.38. The van der Waals surface area contributed by atoms with Gasteiger partial charge in [0.05, 0.1) is 5.39 Å². The zero-order valence-corrected chi connectivity index (χ0v) is 17.2. The van der Waals surface area contributed by atoms with Crippen LogP contribution in [0, 0.1) is 5.92 Å². The van der Waals surface area contributed by atoms with Gasteiger partial charge in [-0.3, -0.25) is 23.5 Å². The number of rotatable bonds is 6. The van der Waals surface area contributed by atoms with E-state index in [2.05, 4.69) is 0 Å². The third-order valence-electron chi connectivity index (χ3n) is 4.58. The summed E-state index contributed by atoms with van der Waals surface area (Å²) in [4.78, 5) is 61.8. The lowest BCUT2D eigenvalue weighted by molar-refractivity contribution is 0.0444. The number of hydrogen-bond donors (Lipinski definition) is 1. The Morgan fingerprint density at radius 3 is 2.52 bits per heavy atom. The summed E-state index contributed by atoms with van der Waals surface area (Å²) in [6, 6.07) is 7.31. The summed E-state index contributed by atoms with van der Waals surface area (Å²) >= 11 is 0. The van der Waals surface area contributed by atoms with Gasteiger partial charge in [-0.2, -0.15) is 0 Å². The quantitative estimate of drug-likeness (QED) is 0.452. The van der Waals surface area contributed by atoms with Gasteiger partial charge in [-0.15, -0.1) is 0 Å². The van der Waals surface area contributed by atoms with Gasteiger partial charge in [0, 0.05) is 19.7 Å². The SMILES string of the molecule is CC(C)Cn1c(N)c(C(=O)COC(=O)c2cc(=O)c3ccccc3o2)c(=O)n(C)c1=O. The van der Waals surface area contributed by atoms with Crippen molar-refractivity contribution >= 4 is 28.5 Å². The molecule has 0 aliphatic heterocycles. The molecule has 0 saturated heterocycles. The lowest BCUT2D eigenvalue weighted by Gasteiger charge is -2.16. The minimum atomic E-state index is -1.05. The number of fused-ring (bicyclic) bond motifs is 1. The molecule has 1 aromatic carbocycles. The minimum Gasteiger partial charge on any atom is -0.451 e. The first kappa shape index (κ1) is 21.8. The van der Waals surface area contributed by atoms with Crippen molar-refractivity contribution in [1.82, 2.24) is 9.13 Å². The molecule has 0 aliphatic carbocycles. The van der Waals surface area contributed by atoms with E-state index in [1.807, 2.05) is 13.8 Å². The number of nitrogens with zero attached hydrogens (tertiary/aromatic N) is 2. The van der Waals surface area contributed by atoms with Gasteiger partial charge in [-0.1, -0.05) is 26.0 Å². The molecule has 162 valence electrons. The highest BCUT2D eigenvalue weighted by atomic mass is 16.5. The molecule has 0 amide bonds. The average molecular weight is 427 g/mol. The zero-order valence-electron chi connectivity index (χ0n) is 17.2. The van der Waals surface area contributed by atoms with Crippen LogP contribution in [0.15, 0.2) is 49.1 Å². The first-order valence-electron chi connectivity index (χ1n) is 9.44. The van der Waals surface area contributed by atoms with Gasteiger partial charge in [0.1, 0.15) is 17.0 Å². The van der Waals surface area contributed by atoms with E-state index in [1.54, 1.807) is 18.2 Å². The molecule has 10 nitrogen and oxygen atoms in total. The highest BCUT2D eigenvalue weighted by Crippen LogP contribution is 2.13. The Kier molecular flexibility index (Phi) is 5.91. The Labute approximate surface area is 175 Å². The molecule has 0 radical (unpaired) electrons. The summed E-state index contributed by atoms with van der Waals surface area (Å²) in [7, 11) is 1.23.